The molecule has 9 nitrogen and oxygen atoms in total. The lowest BCUT2D eigenvalue weighted by Crippen LogP contribution is -2.57. The zero-order valence-electron chi connectivity index (χ0n) is 29.7. The zero-order valence-corrected chi connectivity index (χ0v) is 29.7. The Morgan fingerprint density at radius 2 is 1.80 bits per heavy atom. The van der Waals surface area contributed by atoms with Gasteiger partial charge in [0.25, 0.3) is 5.56 Å². The third-order valence-corrected chi connectivity index (χ3v) is 11.8. The molecule has 3 aromatic carbocycles. The van der Waals surface area contributed by atoms with E-state index in [-0.39, 0.29) is 23.2 Å². The molecule has 10 heteroatoms. The summed E-state index contributed by atoms with van der Waals surface area (Å²) >= 11 is 0. The predicted molar refractivity (Wildman–Crippen MR) is 197 cm³/mol. The second kappa shape index (κ2) is 13.5. The van der Waals surface area contributed by atoms with E-state index >= 15 is 0 Å². The van der Waals surface area contributed by atoms with Crippen LogP contribution in [-0.4, -0.2) is 65.5 Å². The van der Waals surface area contributed by atoms with Crippen LogP contribution in [0.4, 0.5) is 15.8 Å². The highest BCUT2D eigenvalue weighted by Gasteiger charge is 2.56. The molecule has 2 bridgehead atoms. The van der Waals surface area contributed by atoms with Gasteiger partial charge in [-0.3, -0.25) is 14.2 Å². The van der Waals surface area contributed by atoms with E-state index in [2.05, 4.69) is 40.9 Å². The molecule has 0 radical (unpaired) electrons. The Morgan fingerprint density at radius 3 is 2.46 bits per heavy atom. The van der Waals surface area contributed by atoms with Crippen molar-refractivity contribution in [3.63, 3.8) is 0 Å². The largest absolute Gasteiger partial charge is 0.497 e. The number of anilines is 2. The fourth-order valence-corrected chi connectivity index (χ4v) is 8.35. The SMILES string of the molecule is COc1ccc(CCn2cnc3cc(N/C(=N/[C@H]4C[C@@H]5C[C@H]([C@@H]4C)C5(C)C)N4CCN(c5ccc(C(C)=O)cc5)CC4)ccc3c2=O)c(F)c1. The molecule has 2 heterocycles. The summed E-state index contributed by atoms with van der Waals surface area (Å²) in [4.78, 5) is 40.0. The van der Waals surface area contributed by atoms with Crippen LogP contribution in [0.15, 0.2) is 76.8 Å². The van der Waals surface area contributed by atoms with Crippen LogP contribution in [0.3, 0.4) is 0 Å². The molecule has 8 rings (SSSR count). The summed E-state index contributed by atoms with van der Waals surface area (Å²) in [6, 6.07) is 18.5. The Kier molecular flexibility index (Phi) is 9.13. The molecule has 3 aliphatic carbocycles. The molecule has 4 aromatic rings. The Morgan fingerprint density at radius 1 is 1.04 bits per heavy atom. The number of carbonyl (C=O) groups excluding carboxylic acids is 1. The van der Waals surface area contributed by atoms with Crippen LogP contribution < -0.4 is 20.5 Å². The van der Waals surface area contributed by atoms with Gasteiger partial charge in [-0.05, 0) is 103 Å². The summed E-state index contributed by atoms with van der Waals surface area (Å²) in [6.07, 6.45) is 4.30. The molecule has 1 aromatic heterocycles. The molecule has 1 aliphatic heterocycles. The van der Waals surface area contributed by atoms with Crippen molar-refractivity contribution in [3.05, 3.63) is 94.3 Å². The summed E-state index contributed by atoms with van der Waals surface area (Å²) in [5.41, 5.74) is 4.00. The van der Waals surface area contributed by atoms with Crippen molar-refractivity contribution >= 4 is 34.0 Å². The maximum absolute atomic E-state index is 14.5. The first-order valence-corrected chi connectivity index (χ1v) is 17.8. The van der Waals surface area contributed by atoms with E-state index in [1.54, 1.807) is 25.4 Å². The van der Waals surface area contributed by atoms with E-state index in [0.29, 0.717) is 58.4 Å². The average Bonchev–Trinajstić information content (AvgIpc) is 3.12. The number of piperazine rings is 1. The number of methoxy groups -OCH3 is 1. The molecule has 0 spiro atoms. The lowest BCUT2D eigenvalue weighted by atomic mass is 9.45. The topological polar surface area (TPSA) is 92.1 Å². The highest BCUT2D eigenvalue weighted by molar-refractivity contribution is 5.96. The van der Waals surface area contributed by atoms with Gasteiger partial charge in [-0.15, -0.1) is 0 Å². The second-order valence-corrected chi connectivity index (χ2v) is 14.9. The summed E-state index contributed by atoms with van der Waals surface area (Å²) in [5, 5.41) is 4.16. The maximum Gasteiger partial charge on any atom is 0.261 e. The van der Waals surface area contributed by atoms with Gasteiger partial charge in [0.15, 0.2) is 11.7 Å². The summed E-state index contributed by atoms with van der Waals surface area (Å²) < 4.78 is 21.2. The van der Waals surface area contributed by atoms with Gasteiger partial charge in [0.05, 0.1) is 30.4 Å². The fourth-order valence-electron chi connectivity index (χ4n) is 8.35. The van der Waals surface area contributed by atoms with Crippen molar-refractivity contribution in [2.45, 2.75) is 59.5 Å². The van der Waals surface area contributed by atoms with Gasteiger partial charge in [0, 0.05) is 55.7 Å². The zero-order chi connectivity index (χ0) is 35.2. The molecule has 4 fully saturated rings. The van der Waals surface area contributed by atoms with Gasteiger partial charge in [0.1, 0.15) is 11.6 Å². The monoisotopic (exact) mass is 678 g/mol. The number of aromatic nitrogens is 2. The molecule has 3 saturated carbocycles. The number of guanidine groups is 1. The van der Waals surface area contributed by atoms with Gasteiger partial charge in [-0.2, -0.15) is 0 Å². The van der Waals surface area contributed by atoms with Gasteiger partial charge < -0.3 is 19.9 Å². The average molecular weight is 679 g/mol. The number of Topliss-reactive ketones (excluding diaryl/α,β-unsaturated/α-hetero) is 1. The summed E-state index contributed by atoms with van der Waals surface area (Å²) in [6.45, 7) is 12.4. The van der Waals surface area contributed by atoms with Crippen molar-refractivity contribution in [2.75, 3.05) is 43.5 Å². The van der Waals surface area contributed by atoms with Crippen LogP contribution in [0.2, 0.25) is 0 Å². The number of rotatable bonds is 8. The van der Waals surface area contributed by atoms with Crippen molar-refractivity contribution in [1.82, 2.24) is 14.5 Å². The first-order chi connectivity index (χ1) is 24.0. The number of nitrogens with one attached hydrogen (secondary N) is 1. The van der Waals surface area contributed by atoms with Crippen LogP contribution in [0.25, 0.3) is 10.9 Å². The fraction of sp³-hybridized carbons (Fsp3) is 0.450. The quantitative estimate of drug-likeness (QED) is 0.127. The number of fused-ring (bicyclic) bond motifs is 3. The minimum atomic E-state index is -0.354. The Balaban J connectivity index is 1.10. The number of halogens is 1. The van der Waals surface area contributed by atoms with Gasteiger partial charge in [0.2, 0.25) is 0 Å². The molecule has 0 unspecified atom stereocenters. The van der Waals surface area contributed by atoms with E-state index in [0.717, 1.165) is 55.5 Å². The molecule has 1 N–H and O–H groups in total. The van der Waals surface area contributed by atoms with E-state index in [1.165, 1.54) is 24.2 Å². The van der Waals surface area contributed by atoms with Crippen molar-refractivity contribution in [2.24, 2.45) is 28.2 Å². The minimum absolute atomic E-state index is 0.0715. The van der Waals surface area contributed by atoms with E-state index < -0.39 is 0 Å². The Hall–Kier alpha value is -4.73. The van der Waals surface area contributed by atoms with Crippen molar-refractivity contribution in [3.8, 4) is 5.75 Å². The van der Waals surface area contributed by atoms with Crippen molar-refractivity contribution in [1.29, 1.82) is 0 Å². The van der Waals surface area contributed by atoms with Crippen LogP contribution in [0.5, 0.6) is 5.75 Å². The van der Waals surface area contributed by atoms with E-state index in [9.17, 15) is 14.0 Å². The number of benzene rings is 3. The van der Waals surface area contributed by atoms with Gasteiger partial charge in [-0.1, -0.05) is 26.8 Å². The normalized spacial score (nSPS) is 23.0. The molecule has 262 valence electrons. The minimum Gasteiger partial charge on any atom is -0.497 e. The molecule has 50 heavy (non-hydrogen) atoms. The Bertz CT molecular complexity index is 1980. The van der Waals surface area contributed by atoms with E-state index in [4.69, 9.17) is 9.73 Å². The lowest BCUT2D eigenvalue weighted by molar-refractivity contribution is -0.108. The number of ether oxygens (including phenoxy) is 1. The Labute approximate surface area is 293 Å². The highest BCUT2D eigenvalue weighted by Crippen LogP contribution is 2.61. The van der Waals surface area contributed by atoms with E-state index in [1.807, 2.05) is 42.5 Å². The second-order valence-electron chi connectivity index (χ2n) is 14.9. The van der Waals surface area contributed by atoms with Crippen LogP contribution in [0.1, 0.15) is 56.5 Å². The third kappa shape index (κ3) is 6.48. The molecule has 1 saturated heterocycles. The maximum atomic E-state index is 14.5. The van der Waals surface area contributed by atoms with Gasteiger partial charge in [-0.25, -0.2) is 14.4 Å². The molecule has 4 atom stereocenters. The van der Waals surface area contributed by atoms with Gasteiger partial charge >= 0.3 is 0 Å². The van der Waals surface area contributed by atoms with Crippen LogP contribution >= 0.6 is 0 Å². The molecular formula is C40H47FN6O3. The first kappa shape index (κ1) is 33.8. The summed E-state index contributed by atoms with van der Waals surface area (Å²) in [5.74, 6) is 2.91. The number of nitrogens with zero attached hydrogens (tertiary/aromatic N) is 5. The number of ketones is 1. The highest BCUT2D eigenvalue weighted by atomic mass is 19.1. The third-order valence-electron chi connectivity index (χ3n) is 11.8. The lowest BCUT2D eigenvalue weighted by Gasteiger charge is -2.61. The number of aryl methyl sites for hydroxylation is 2. The molecule has 0 amide bonds. The number of hydrogen-bond donors (Lipinski definition) is 1. The number of hydrogen-bond acceptors (Lipinski definition) is 6. The summed E-state index contributed by atoms with van der Waals surface area (Å²) in [7, 11) is 1.50. The van der Waals surface area contributed by atoms with Crippen LogP contribution in [0, 0.1) is 29.0 Å². The van der Waals surface area contributed by atoms with Crippen LogP contribution in [-0.2, 0) is 13.0 Å². The number of aliphatic imine (C=N–C) groups is 1. The molecule has 4 aliphatic rings. The standard InChI is InChI=1S/C40H47FN6O3/c1-25-34-20-29(40(34,3)4)21-36(25)44-39(46-18-16-45(17-19-46)31-10-6-27(7-11-31)26(2)48)43-30-9-13-33-37(22-30)42-24-47(38(33)49)15-14-28-8-12-32(50-5)23-35(28)41/h6-13,22-25,29,34,36H,14-21H2,1-5H3,(H,43,44)/t25-,29-,34+,36-/m0/s1. The smallest absolute Gasteiger partial charge is 0.261 e. The molecular weight excluding hydrogens is 631 g/mol. The predicted octanol–water partition coefficient (Wildman–Crippen LogP) is 6.65. The van der Waals surface area contributed by atoms with Crippen molar-refractivity contribution < 1.29 is 13.9 Å². The first-order valence-electron chi connectivity index (χ1n) is 17.8. The number of carbonyl (C=O) groups is 1.